The van der Waals surface area contributed by atoms with Crippen molar-refractivity contribution in [3.63, 3.8) is 0 Å². The fraction of sp³-hybridized carbons (Fsp3) is 0.250. The molecule has 7 heavy (non-hydrogen) atoms. The Morgan fingerprint density at radius 3 is 2.29 bits per heavy atom. The Morgan fingerprint density at radius 1 is 1.86 bits per heavy atom. The van der Waals surface area contributed by atoms with Crippen molar-refractivity contribution in [3.8, 4) is 0 Å². The van der Waals surface area contributed by atoms with Crippen LogP contribution in [-0.2, 0) is 35.7 Å². The zero-order valence-corrected chi connectivity index (χ0v) is 6.56. The molecule has 0 fully saturated rings. The second-order valence-corrected chi connectivity index (χ2v) is 0.776. The largest absolute Gasteiger partial charge is 0.435 e. The Morgan fingerprint density at radius 2 is 2.29 bits per heavy atom. The van der Waals surface area contributed by atoms with Crippen LogP contribution < -0.4 is 0 Å². The van der Waals surface area contributed by atoms with Crippen LogP contribution in [0.4, 0.5) is 0 Å². The van der Waals surface area contributed by atoms with Gasteiger partial charge in [-0.25, -0.2) is 0 Å². The van der Waals surface area contributed by atoms with Crippen molar-refractivity contribution in [2.24, 2.45) is 0 Å². The first-order chi connectivity index (χ1) is 2.77. The molecule has 0 spiro atoms. The number of carbonyl (C=O) groups is 1. The zero-order chi connectivity index (χ0) is 4.99. The number of esters is 1. The van der Waals surface area contributed by atoms with Gasteiger partial charge in [0.15, 0.2) is 0 Å². The van der Waals surface area contributed by atoms with Gasteiger partial charge in [-0.1, -0.05) is 6.58 Å². The van der Waals surface area contributed by atoms with Crippen molar-refractivity contribution >= 4 is 5.97 Å². The molecule has 0 radical (unpaired) electrons. The first-order valence-corrected chi connectivity index (χ1v) is 1.55. The van der Waals surface area contributed by atoms with Crippen LogP contribution in [0.1, 0.15) is 6.92 Å². The SMILES string of the molecule is C=COC(C)=O.[Zr]. The minimum Gasteiger partial charge on any atom is -0.435 e. The molecule has 2 nitrogen and oxygen atoms in total. The molecule has 0 rings (SSSR count). The van der Waals surface area contributed by atoms with E-state index >= 15 is 0 Å². The maximum atomic E-state index is 9.75. The molecular formula is C4H6O2Zr. The number of ether oxygens (including phenoxy) is 1. The molecule has 0 aliphatic rings. The molecule has 0 heterocycles. The molecule has 0 aromatic carbocycles. The fourth-order valence-electron chi connectivity index (χ4n) is 0.117. The van der Waals surface area contributed by atoms with E-state index in [1.165, 1.54) is 6.92 Å². The first-order valence-electron chi connectivity index (χ1n) is 1.55. The van der Waals surface area contributed by atoms with E-state index in [9.17, 15) is 4.79 Å². The fourth-order valence-corrected chi connectivity index (χ4v) is 0.117. The standard InChI is InChI=1S/C4H6O2.Zr/c1-3-6-4(2)5;/h3H,1H2,2H3;. The Bertz CT molecular complexity index is 70.1. The summed E-state index contributed by atoms with van der Waals surface area (Å²) in [5.41, 5.74) is 0. The maximum absolute atomic E-state index is 9.75. The topological polar surface area (TPSA) is 26.3 Å². The third-order valence-corrected chi connectivity index (χ3v) is 0.249. The van der Waals surface area contributed by atoms with Crippen molar-refractivity contribution in [2.75, 3.05) is 0 Å². The van der Waals surface area contributed by atoms with Crippen molar-refractivity contribution in [3.05, 3.63) is 12.8 Å². The molecule has 0 aromatic rings. The molecule has 0 unspecified atom stereocenters. The van der Waals surface area contributed by atoms with Crippen LogP contribution in [0.3, 0.4) is 0 Å². The van der Waals surface area contributed by atoms with E-state index in [0.717, 1.165) is 6.26 Å². The number of rotatable bonds is 1. The molecule has 0 N–H and O–H groups in total. The van der Waals surface area contributed by atoms with E-state index in [1.54, 1.807) is 0 Å². The molecule has 0 saturated carbocycles. The molecular weight excluding hydrogens is 171 g/mol. The molecule has 0 amide bonds. The number of hydrogen-bond donors (Lipinski definition) is 0. The molecule has 38 valence electrons. The van der Waals surface area contributed by atoms with Crippen molar-refractivity contribution in [1.82, 2.24) is 0 Å². The van der Waals surface area contributed by atoms with Crippen LogP contribution in [0.15, 0.2) is 12.8 Å². The Kier molecular flexibility index (Phi) is 8.84. The Labute approximate surface area is 61.7 Å². The average molecular weight is 177 g/mol. The van der Waals surface area contributed by atoms with Crippen LogP contribution in [0, 0.1) is 0 Å². The molecule has 0 atom stereocenters. The van der Waals surface area contributed by atoms with Gasteiger partial charge in [-0.3, -0.25) is 4.79 Å². The van der Waals surface area contributed by atoms with E-state index in [-0.39, 0.29) is 32.2 Å². The van der Waals surface area contributed by atoms with Crippen LogP contribution in [0.2, 0.25) is 0 Å². The van der Waals surface area contributed by atoms with Gasteiger partial charge in [0, 0.05) is 33.1 Å². The monoisotopic (exact) mass is 176 g/mol. The molecule has 0 bridgehead atoms. The first kappa shape index (κ1) is 10.2. The van der Waals surface area contributed by atoms with Gasteiger partial charge in [0.2, 0.25) is 0 Å². The second kappa shape index (κ2) is 6.09. The van der Waals surface area contributed by atoms with Gasteiger partial charge in [-0.15, -0.1) is 0 Å². The average Bonchev–Trinajstić information content (AvgIpc) is 1.35. The summed E-state index contributed by atoms with van der Waals surface area (Å²) >= 11 is 0. The van der Waals surface area contributed by atoms with E-state index < -0.39 is 0 Å². The number of hydrogen-bond acceptors (Lipinski definition) is 2. The number of carbonyl (C=O) groups excluding carboxylic acids is 1. The van der Waals surface area contributed by atoms with Gasteiger partial charge in [-0.2, -0.15) is 0 Å². The molecule has 3 heteroatoms. The van der Waals surface area contributed by atoms with E-state index in [2.05, 4.69) is 11.3 Å². The summed E-state index contributed by atoms with van der Waals surface area (Å²) in [7, 11) is 0. The molecule has 0 saturated heterocycles. The zero-order valence-electron chi connectivity index (χ0n) is 4.10. The summed E-state index contributed by atoms with van der Waals surface area (Å²) in [5.74, 6) is -0.329. The summed E-state index contributed by atoms with van der Waals surface area (Å²) in [6.45, 7) is 4.48. The smallest absolute Gasteiger partial charge is 0.307 e. The maximum Gasteiger partial charge on any atom is 0.307 e. The van der Waals surface area contributed by atoms with Crippen LogP contribution >= 0.6 is 0 Å². The van der Waals surface area contributed by atoms with E-state index in [4.69, 9.17) is 0 Å². The molecule has 0 aliphatic heterocycles. The predicted octanol–water partition coefficient (Wildman–Crippen LogP) is 0.690. The van der Waals surface area contributed by atoms with Gasteiger partial charge in [0.05, 0.1) is 6.26 Å². The summed E-state index contributed by atoms with van der Waals surface area (Å²) in [6, 6.07) is 0. The van der Waals surface area contributed by atoms with Crippen LogP contribution in [0.25, 0.3) is 0 Å². The van der Waals surface area contributed by atoms with Crippen LogP contribution in [0.5, 0.6) is 0 Å². The second-order valence-electron chi connectivity index (χ2n) is 0.776. The molecule has 0 aliphatic carbocycles. The quantitative estimate of drug-likeness (QED) is 0.435. The summed E-state index contributed by atoms with van der Waals surface area (Å²) in [5, 5.41) is 0. The van der Waals surface area contributed by atoms with Gasteiger partial charge >= 0.3 is 5.97 Å². The summed E-state index contributed by atoms with van der Waals surface area (Å²) in [6.07, 6.45) is 1.10. The van der Waals surface area contributed by atoms with Crippen molar-refractivity contribution < 1.29 is 35.7 Å². The molecule has 0 aromatic heterocycles. The van der Waals surface area contributed by atoms with E-state index in [0.29, 0.717) is 0 Å². The summed E-state index contributed by atoms with van der Waals surface area (Å²) in [4.78, 5) is 9.75. The van der Waals surface area contributed by atoms with Gasteiger partial charge in [-0.05, 0) is 0 Å². The van der Waals surface area contributed by atoms with Crippen molar-refractivity contribution in [1.29, 1.82) is 0 Å². The van der Waals surface area contributed by atoms with Crippen molar-refractivity contribution in [2.45, 2.75) is 6.92 Å². The van der Waals surface area contributed by atoms with Gasteiger partial charge < -0.3 is 4.74 Å². The van der Waals surface area contributed by atoms with Gasteiger partial charge in [0.25, 0.3) is 0 Å². The van der Waals surface area contributed by atoms with Crippen LogP contribution in [-0.4, -0.2) is 5.97 Å². The third kappa shape index (κ3) is 10.7. The Balaban J connectivity index is 0. The normalized spacial score (nSPS) is 5.86. The van der Waals surface area contributed by atoms with Gasteiger partial charge in [0.1, 0.15) is 0 Å². The third-order valence-electron chi connectivity index (χ3n) is 0.249. The minimum atomic E-state index is -0.329. The Hall–Kier alpha value is 0.0931. The predicted molar refractivity (Wildman–Crippen MR) is 22.0 cm³/mol. The van der Waals surface area contributed by atoms with E-state index in [1.807, 2.05) is 0 Å². The minimum absolute atomic E-state index is 0. The summed E-state index contributed by atoms with van der Waals surface area (Å²) < 4.78 is 4.17.